The van der Waals surface area contributed by atoms with E-state index in [1.807, 2.05) is 24.3 Å². The van der Waals surface area contributed by atoms with Crippen LogP contribution in [-0.4, -0.2) is 31.1 Å². The van der Waals surface area contributed by atoms with Crippen LogP contribution < -0.4 is 10.1 Å². The summed E-state index contributed by atoms with van der Waals surface area (Å²) < 4.78 is 33.5. The summed E-state index contributed by atoms with van der Waals surface area (Å²) in [5.74, 6) is -0.526. The average molecular weight is 497 g/mol. The second-order valence-corrected chi connectivity index (χ2v) is 10.6. The van der Waals surface area contributed by atoms with Crippen molar-refractivity contribution in [3.05, 3.63) is 87.9 Å². The van der Waals surface area contributed by atoms with E-state index in [4.69, 9.17) is 16.3 Å². The first-order valence-electron chi connectivity index (χ1n) is 10.8. The van der Waals surface area contributed by atoms with Crippen LogP contribution in [0.4, 0.5) is 5.69 Å². The van der Waals surface area contributed by atoms with E-state index in [1.54, 1.807) is 18.2 Å². The predicted octanol–water partition coefficient (Wildman–Crippen LogP) is 4.19. The monoisotopic (exact) mass is 496 g/mol. The van der Waals surface area contributed by atoms with Gasteiger partial charge in [0.15, 0.2) is 0 Å². The summed E-state index contributed by atoms with van der Waals surface area (Å²) in [6.45, 7) is 0.625. The standard InChI is InChI=1S/C25H21ClN2O5S/c26-22-8-7-20(34(31,32)28-12-11-16-3-1-2-4-18(16)15-28)14-21(22)25(30)33-19-6-9-23-17(13-19)5-10-24(29)27-23/h1-4,6-9,13-14H,5,10-12,15H2,(H,27,29). The molecule has 3 aromatic carbocycles. The third kappa shape index (κ3) is 4.32. The normalized spacial score (nSPS) is 15.7. The molecule has 2 heterocycles. The molecular formula is C25H21ClN2O5S. The van der Waals surface area contributed by atoms with E-state index < -0.39 is 16.0 Å². The Morgan fingerprint density at radius 1 is 0.941 bits per heavy atom. The fourth-order valence-corrected chi connectivity index (χ4v) is 5.87. The number of carbonyl (C=O) groups is 2. The molecule has 0 bridgehead atoms. The summed E-state index contributed by atoms with van der Waals surface area (Å²) in [5, 5.41) is 2.87. The molecule has 0 unspecified atom stereocenters. The lowest BCUT2D eigenvalue weighted by Gasteiger charge is -2.28. The summed E-state index contributed by atoms with van der Waals surface area (Å²) in [6, 6.07) is 16.7. The molecule has 7 nitrogen and oxygen atoms in total. The number of fused-ring (bicyclic) bond motifs is 2. The molecule has 0 fully saturated rings. The summed E-state index contributed by atoms with van der Waals surface area (Å²) in [7, 11) is -3.84. The third-order valence-electron chi connectivity index (χ3n) is 6.07. The Hall–Kier alpha value is -3.20. The van der Waals surface area contributed by atoms with Crippen LogP contribution in [0.2, 0.25) is 5.02 Å². The van der Waals surface area contributed by atoms with Gasteiger partial charge in [0.2, 0.25) is 15.9 Å². The lowest BCUT2D eigenvalue weighted by Crippen LogP contribution is -2.36. The Balaban J connectivity index is 1.38. The zero-order valence-electron chi connectivity index (χ0n) is 18.1. The lowest BCUT2D eigenvalue weighted by atomic mass is 10.0. The quantitative estimate of drug-likeness (QED) is 0.432. The number of sulfonamides is 1. The number of anilines is 1. The highest BCUT2D eigenvalue weighted by molar-refractivity contribution is 7.89. The predicted molar refractivity (Wildman–Crippen MR) is 128 cm³/mol. The largest absolute Gasteiger partial charge is 0.423 e. The van der Waals surface area contributed by atoms with Crippen molar-refractivity contribution in [2.45, 2.75) is 30.7 Å². The fraction of sp³-hybridized carbons (Fsp3) is 0.200. The number of nitrogens with zero attached hydrogens (tertiary/aromatic N) is 1. The number of amides is 1. The summed E-state index contributed by atoms with van der Waals surface area (Å²) in [5.41, 5.74) is 3.61. The first-order valence-corrected chi connectivity index (χ1v) is 12.6. The molecule has 2 aliphatic heterocycles. The number of halogens is 1. The van der Waals surface area contributed by atoms with Gasteiger partial charge in [-0.25, -0.2) is 13.2 Å². The molecule has 2 aliphatic rings. The number of benzene rings is 3. The Labute approximate surface area is 202 Å². The molecule has 5 rings (SSSR count). The number of nitrogens with one attached hydrogen (secondary N) is 1. The van der Waals surface area contributed by atoms with Gasteiger partial charge >= 0.3 is 5.97 Å². The number of esters is 1. The van der Waals surface area contributed by atoms with Gasteiger partial charge in [0.25, 0.3) is 0 Å². The van der Waals surface area contributed by atoms with Crippen LogP contribution in [0.15, 0.2) is 65.6 Å². The van der Waals surface area contributed by atoms with Gasteiger partial charge in [0.1, 0.15) is 5.75 Å². The van der Waals surface area contributed by atoms with Crippen molar-refractivity contribution >= 4 is 39.2 Å². The molecule has 0 saturated carbocycles. The van der Waals surface area contributed by atoms with Gasteiger partial charge in [-0.15, -0.1) is 0 Å². The maximum absolute atomic E-state index is 13.3. The minimum absolute atomic E-state index is 0.0172. The highest BCUT2D eigenvalue weighted by Crippen LogP contribution is 2.30. The first-order chi connectivity index (χ1) is 16.3. The van der Waals surface area contributed by atoms with Crippen LogP contribution in [0.5, 0.6) is 5.75 Å². The molecule has 0 spiro atoms. The van der Waals surface area contributed by atoms with Crippen LogP contribution in [0.3, 0.4) is 0 Å². The van der Waals surface area contributed by atoms with Crippen LogP contribution >= 0.6 is 11.6 Å². The average Bonchev–Trinajstić information content (AvgIpc) is 2.84. The van der Waals surface area contributed by atoms with E-state index in [1.165, 1.54) is 22.5 Å². The minimum atomic E-state index is -3.84. The Morgan fingerprint density at radius 3 is 2.56 bits per heavy atom. The van der Waals surface area contributed by atoms with Gasteiger partial charge in [0.05, 0.1) is 15.5 Å². The number of ether oxygens (including phenoxy) is 1. The number of hydrogen-bond acceptors (Lipinski definition) is 5. The number of rotatable bonds is 4. The SMILES string of the molecule is O=C1CCc2cc(OC(=O)c3cc(S(=O)(=O)N4CCc5ccccc5C4)ccc3Cl)ccc2N1. The van der Waals surface area contributed by atoms with E-state index in [0.717, 1.165) is 16.7 Å². The van der Waals surface area contributed by atoms with Gasteiger partial charge in [-0.3, -0.25) is 4.79 Å². The van der Waals surface area contributed by atoms with E-state index in [-0.39, 0.29) is 33.7 Å². The van der Waals surface area contributed by atoms with Gasteiger partial charge in [-0.1, -0.05) is 35.9 Å². The molecule has 9 heteroatoms. The fourth-order valence-electron chi connectivity index (χ4n) is 4.23. The van der Waals surface area contributed by atoms with Crippen molar-refractivity contribution in [2.75, 3.05) is 11.9 Å². The molecule has 3 aromatic rings. The lowest BCUT2D eigenvalue weighted by molar-refractivity contribution is -0.116. The van der Waals surface area contributed by atoms with Crippen molar-refractivity contribution in [1.82, 2.24) is 4.31 Å². The number of carbonyl (C=O) groups excluding carboxylic acids is 2. The molecule has 0 aliphatic carbocycles. The molecule has 0 saturated heterocycles. The number of hydrogen-bond donors (Lipinski definition) is 1. The zero-order valence-corrected chi connectivity index (χ0v) is 19.7. The van der Waals surface area contributed by atoms with Gasteiger partial charge in [0, 0.05) is 25.2 Å². The van der Waals surface area contributed by atoms with Crippen molar-refractivity contribution in [2.24, 2.45) is 0 Å². The zero-order chi connectivity index (χ0) is 23.9. The van der Waals surface area contributed by atoms with Crippen LogP contribution in [-0.2, 0) is 34.2 Å². The van der Waals surface area contributed by atoms with Crippen molar-refractivity contribution in [3.63, 3.8) is 0 Å². The van der Waals surface area contributed by atoms with Gasteiger partial charge in [-0.05, 0) is 65.9 Å². The third-order valence-corrected chi connectivity index (χ3v) is 8.24. The number of aryl methyl sites for hydroxylation is 1. The smallest absolute Gasteiger partial charge is 0.345 e. The maximum atomic E-state index is 13.3. The van der Waals surface area contributed by atoms with Crippen LogP contribution in [0.1, 0.15) is 33.5 Å². The highest BCUT2D eigenvalue weighted by atomic mass is 35.5. The second-order valence-electron chi connectivity index (χ2n) is 8.26. The molecule has 174 valence electrons. The molecule has 1 amide bonds. The van der Waals surface area contributed by atoms with Gasteiger partial charge < -0.3 is 10.1 Å². The first kappa shape index (κ1) is 22.6. The summed E-state index contributed by atoms with van der Waals surface area (Å²) in [4.78, 5) is 24.4. The van der Waals surface area contributed by atoms with Crippen molar-refractivity contribution in [3.8, 4) is 5.75 Å². The maximum Gasteiger partial charge on any atom is 0.345 e. The highest BCUT2D eigenvalue weighted by Gasteiger charge is 2.29. The topological polar surface area (TPSA) is 92.8 Å². The summed E-state index contributed by atoms with van der Waals surface area (Å²) >= 11 is 6.23. The van der Waals surface area contributed by atoms with E-state index in [9.17, 15) is 18.0 Å². The summed E-state index contributed by atoms with van der Waals surface area (Å²) in [6.07, 6.45) is 1.52. The molecule has 1 N–H and O–H groups in total. The van der Waals surface area contributed by atoms with Crippen LogP contribution in [0, 0.1) is 0 Å². The van der Waals surface area contributed by atoms with E-state index in [0.29, 0.717) is 31.5 Å². The second kappa shape index (κ2) is 8.87. The molecule has 0 radical (unpaired) electrons. The Bertz CT molecular complexity index is 1420. The van der Waals surface area contributed by atoms with Crippen molar-refractivity contribution in [1.29, 1.82) is 0 Å². The molecule has 34 heavy (non-hydrogen) atoms. The Kier molecular flexibility index (Phi) is 5.89. The molecular weight excluding hydrogens is 476 g/mol. The van der Waals surface area contributed by atoms with E-state index >= 15 is 0 Å². The molecule has 0 aromatic heterocycles. The Morgan fingerprint density at radius 2 is 1.74 bits per heavy atom. The van der Waals surface area contributed by atoms with Crippen LogP contribution in [0.25, 0.3) is 0 Å². The minimum Gasteiger partial charge on any atom is -0.423 e. The van der Waals surface area contributed by atoms with Gasteiger partial charge in [-0.2, -0.15) is 4.31 Å². The molecule has 0 atom stereocenters. The van der Waals surface area contributed by atoms with Crippen molar-refractivity contribution < 1.29 is 22.7 Å². The van der Waals surface area contributed by atoms with E-state index in [2.05, 4.69) is 5.32 Å².